The molecular weight excluding hydrogens is 312 g/mol. The molecule has 0 fully saturated rings. The van der Waals surface area contributed by atoms with Crippen LogP contribution >= 0.6 is 11.3 Å². The van der Waals surface area contributed by atoms with Crippen molar-refractivity contribution in [2.75, 3.05) is 11.9 Å². The molecule has 0 unspecified atom stereocenters. The molecule has 0 radical (unpaired) electrons. The summed E-state index contributed by atoms with van der Waals surface area (Å²) in [5.74, 6) is -1.41. The van der Waals surface area contributed by atoms with Gasteiger partial charge in [-0.05, 0) is 23.6 Å². The number of pyridine rings is 1. The second-order valence-electron chi connectivity index (χ2n) is 4.55. The van der Waals surface area contributed by atoms with Gasteiger partial charge in [0, 0.05) is 11.4 Å². The third kappa shape index (κ3) is 4.49. The van der Waals surface area contributed by atoms with Crippen molar-refractivity contribution in [1.29, 1.82) is 5.26 Å². The summed E-state index contributed by atoms with van der Waals surface area (Å²) in [5.41, 5.74) is 0.595. The zero-order chi connectivity index (χ0) is 16.7. The van der Waals surface area contributed by atoms with E-state index in [4.69, 9.17) is 5.26 Å². The molecule has 0 aliphatic heterocycles. The van der Waals surface area contributed by atoms with E-state index in [2.05, 4.69) is 16.9 Å². The summed E-state index contributed by atoms with van der Waals surface area (Å²) < 4.78 is 0. The SMILES string of the molecule is C=CCN(Cc1cccs1)C(=O)C(=O)Nc1ccc(C#N)nc1. The van der Waals surface area contributed by atoms with Gasteiger partial charge in [0.25, 0.3) is 0 Å². The Labute approximate surface area is 137 Å². The monoisotopic (exact) mass is 326 g/mol. The number of hydrogen-bond acceptors (Lipinski definition) is 5. The fourth-order valence-electron chi connectivity index (χ4n) is 1.83. The standard InChI is InChI=1S/C16H14N4O2S/c1-2-7-20(11-14-4-3-8-23-14)16(22)15(21)19-13-6-5-12(9-17)18-10-13/h2-6,8,10H,1,7,11H2,(H,19,21). The molecule has 2 aromatic heterocycles. The van der Waals surface area contributed by atoms with Gasteiger partial charge in [0.1, 0.15) is 11.8 Å². The summed E-state index contributed by atoms with van der Waals surface area (Å²) in [4.78, 5) is 30.6. The van der Waals surface area contributed by atoms with E-state index in [1.807, 2.05) is 23.6 Å². The Morgan fingerprint density at radius 2 is 2.26 bits per heavy atom. The van der Waals surface area contributed by atoms with E-state index in [0.29, 0.717) is 12.2 Å². The average molecular weight is 326 g/mol. The zero-order valence-electron chi connectivity index (χ0n) is 12.2. The highest BCUT2D eigenvalue weighted by Crippen LogP contribution is 2.13. The number of rotatable bonds is 5. The molecule has 2 aromatic rings. The smallest absolute Gasteiger partial charge is 0.313 e. The van der Waals surface area contributed by atoms with Gasteiger partial charge in [-0.15, -0.1) is 17.9 Å². The van der Waals surface area contributed by atoms with Crippen molar-refractivity contribution in [2.45, 2.75) is 6.54 Å². The third-order valence-electron chi connectivity index (χ3n) is 2.89. The number of hydrogen-bond donors (Lipinski definition) is 1. The second-order valence-corrected chi connectivity index (χ2v) is 5.58. The van der Waals surface area contributed by atoms with Gasteiger partial charge < -0.3 is 10.2 Å². The molecule has 1 N–H and O–H groups in total. The highest BCUT2D eigenvalue weighted by molar-refractivity contribution is 7.09. The van der Waals surface area contributed by atoms with Crippen LogP contribution in [-0.2, 0) is 16.1 Å². The minimum absolute atomic E-state index is 0.236. The molecule has 0 saturated heterocycles. The second kappa shape index (κ2) is 7.87. The highest BCUT2D eigenvalue weighted by Gasteiger charge is 2.21. The minimum Gasteiger partial charge on any atom is -0.326 e. The van der Waals surface area contributed by atoms with Gasteiger partial charge in [0.15, 0.2) is 0 Å². The summed E-state index contributed by atoms with van der Waals surface area (Å²) in [7, 11) is 0. The average Bonchev–Trinajstić information content (AvgIpc) is 3.07. The van der Waals surface area contributed by atoms with Crippen LogP contribution in [0.4, 0.5) is 5.69 Å². The molecule has 2 heterocycles. The molecule has 0 aromatic carbocycles. The number of anilines is 1. The molecule has 0 spiro atoms. The number of carbonyl (C=O) groups is 2. The lowest BCUT2D eigenvalue weighted by Gasteiger charge is -2.19. The molecule has 0 saturated carbocycles. The van der Waals surface area contributed by atoms with E-state index in [1.54, 1.807) is 6.08 Å². The number of nitrogens with zero attached hydrogens (tertiary/aromatic N) is 3. The predicted octanol–water partition coefficient (Wildman–Crippen LogP) is 2.17. The van der Waals surface area contributed by atoms with Crippen molar-refractivity contribution in [3.63, 3.8) is 0 Å². The number of amides is 2. The zero-order valence-corrected chi connectivity index (χ0v) is 13.0. The van der Waals surface area contributed by atoms with Crippen LogP contribution in [-0.4, -0.2) is 28.2 Å². The fraction of sp³-hybridized carbons (Fsp3) is 0.125. The maximum Gasteiger partial charge on any atom is 0.313 e. The Morgan fingerprint density at radius 3 is 2.83 bits per heavy atom. The Morgan fingerprint density at radius 1 is 1.43 bits per heavy atom. The summed E-state index contributed by atoms with van der Waals surface area (Å²) in [6.07, 6.45) is 2.91. The molecule has 7 heteroatoms. The number of thiophene rings is 1. The van der Waals surface area contributed by atoms with Crippen molar-refractivity contribution in [3.8, 4) is 6.07 Å². The van der Waals surface area contributed by atoms with Gasteiger partial charge in [0.2, 0.25) is 0 Å². The van der Waals surface area contributed by atoms with Crippen LogP contribution in [0.3, 0.4) is 0 Å². The van der Waals surface area contributed by atoms with Gasteiger partial charge in [-0.1, -0.05) is 12.1 Å². The summed E-state index contributed by atoms with van der Waals surface area (Å²) >= 11 is 1.51. The van der Waals surface area contributed by atoms with Crippen LogP contribution in [0.15, 0.2) is 48.5 Å². The van der Waals surface area contributed by atoms with Crippen molar-refractivity contribution in [2.24, 2.45) is 0 Å². The van der Waals surface area contributed by atoms with Gasteiger partial charge >= 0.3 is 11.8 Å². The first-order valence-corrected chi connectivity index (χ1v) is 7.61. The van der Waals surface area contributed by atoms with Gasteiger partial charge in [-0.25, -0.2) is 4.98 Å². The molecule has 0 bridgehead atoms. The van der Waals surface area contributed by atoms with Crippen LogP contribution < -0.4 is 5.32 Å². The van der Waals surface area contributed by atoms with Crippen LogP contribution in [0.1, 0.15) is 10.6 Å². The van der Waals surface area contributed by atoms with Crippen molar-refractivity contribution in [3.05, 3.63) is 59.1 Å². The quantitative estimate of drug-likeness (QED) is 0.674. The van der Waals surface area contributed by atoms with Crippen LogP contribution in [0.5, 0.6) is 0 Å². The number of carbonyl (C=O) groups excluding carboxylic acids is 2. The van der Waals surface area contributed by atoms with Gasteiger partial charge in [-0.3, -0.25) is 9.59 Å². The minimum atomic E-state index is -0.755. The van der Waals surface area contributed by atoms with Crippen molar-refractivity contribution >= 4 is 28.8 Å². The lowest BCUT2D eigenvalue weighted by molar-refractivity contribution is -0.143. The topological polar surface area (TPSA) is 86.1 Å². The lowest BCUT2D eigenvalue weighted by Crippen LogP contribution is -2.39. The summed E-state index contributed by atoms with van der Waals surface area (Å²) in [5, 5.41) is 13.1. The maximum absolute atomic E-state index is 12.3. The Bertz CT molecular complexity index is 732. The van der Waals surface area contributed by atoms with E-state index >= 15 is 0 Å². The van der Waals surface area contributed by atoms with Crippen molar-refractivity contribution < 1.29 is 9.59 Å². The number of nitriles is 1. The van der Waals surface area contributed by atoms with E-state index in [0.717, 1.165) is 4.88 Å². The van der Waals surface area contributed by atoms with E-state index < -0.39 is 11.8 Å². The molecule has 2 amide bonds. The summed E-state index contributed by atoms with van der Waals surface area (Å²) in [6, 6.07) is 8.66. The largest absolute Gasteiger partial charge is 0.326 e. The molecule has 6 nitrogen and oxygen atoms in total. The molecular formula is C16H14N4O2S. The third-order valence-corrected chi connectivity index (χ3v) is 3.75. The molecule has 0 aliphatic carbocycles. The van der Waals surface area contributed by atoms with Crippen LogP contribution in [0.25, 0.3) is 0 Å². The fourth-order valence-corrected chi connectivity index (χ4v) is 2.55. The molecule has 0 aliphatic rings. The Hall–Kier alpha value is -2.98. The van der Waals surface area contributed by atoms with E-state index in [-0.39, 0.29) is 12.2 Å². The van der Waals surface area contributed by atoms with Crippen LogP contribution in [0.2, 0.25) is 0 Å². The first-order valence-electron chi connectivity index (χ1n) is 6.73. The lowest BCUT2D eigenvalue weighted by atomic mass is 10.3. The molecule has 0 atom stereocenters. The Balaban J connectivity index is 2.04. The highest BCUT2D eigenvalue weighted by atomic mass is 32.1. The predicted molar refractivity (Wildman–Crippen MR) is 87.5 cm³/mol. The maximum atomic E-state index is 12.3. The van der Waals surface area contributed by atoms with E-state index in [9.17, 15) is 9.59 Å². The number of aromatic nitrogens is 1. The number of nitrogens with one attached hydrogen (secondary N) is 1. The molecule has 23 heavy (non-hydrogen) atoms. The van der Waals surface area contributed by atoms with E-state index in [1.165, 1.54) is 34.6 Å². The van der Waals surface area contributed by atoms with Gasteiger partial charge in [0.05, 0.1) is 18.4 Å². The van der Waals surface area contributed by atoms with Crippen molar-refractivity contribution in [1.82, 2.24) is 9.88 Å². The summed E-state index contributed by atoms with van der Waals surface area (Å²) in [6.45, 7) is 4.23. The molecule has 2 rings (SSSR count). The molecule has 116 valence electrons. The first-order chi connectivity index (χ1) is 11.1. The Kier molecular flexibility index (Phi) is 5.61. The van der Waals surface area contributed by atoms with Gasteiger partial charge in [-0.2, -0.15) is 5.26 Å². The van der Waals surface area contributed by atoms with Crippen LogP contribution in [0, 0.1) is 11.3 Å². The normalized spacial score (nSPS) is 9.70. The first kappa shape index (κ1) is 16.4.